The van der Waals surface area contributed by atoms with E-state index in [2.05, 4.69) is 0 Å². The number of hydrogen-bond donors (Lipinski definition) is 0. The van der Waals surface area contributed by atoms with Crippen molar-refractivity contribution >= 4 is 29.0 Å². The molecule has 1 amide bonds. The molecule has 0 radical (unpaired) electrons. The molecule has 9 heteroatoms. The summed E-state index contributed by atoms with van der Waals surface area (Å²) in [5, 5.41) is 21.9. The van der Waals surface area contributed by atoms with E-state index in [1.165, 1.54) is 28.8 Å². The number of benzene rings is 2. The minimum Gasteiger partial charge on any atom is -0.321 e. The van der Waals surface area contributed by atoms with Crippen molar-refractivity contribution < 1.29 is 14.6 Å². The molecule has 1 fully saturated rings. The summed E-state index contributed by atoms with van der Waals surface area (Å²) < 4.78 is 0. The molecule has 0 spiro atoms. The number of hydrogen-bond acceptors (Lipinski definition) is 6. The fourth-order valence-electron chi connectivity index (χ4n) is 2.75. The molecule has 1 aliphatic rings. The summed E-state index contributed by atoms with van der Waals surface area (Å²) in [4.78, 5) is 35.2. The Kier molecular flexibility index (Phi) is 4.66. The van der Waals surface area contributed by atoms with E-state index in [0.29, 0.717) is 11.1 Å². The molecular formula is C16H13N3O5S. The van der Waals surface area contributed by atoms with Crippen LogP contribution in [0.25, 0.3) is 0 Å². The normalized spacial score (nSPS) is 16.9. The molecule has 25 heavy (non-hydrogen) atoms. The summed E-state index contributed by atoms with van der Waals surface area (Å²) >= 11 is 1.28. The average molecular weight is 359 g/mol. The van der Waals surface area contributed by atoms with Gasteiger partial charge in [0.05, 0.1) is 27.7 Å². The highest BCUT2D eigenvalue weighted by Gasteiger charge is 2.37. The number of thioether (sulfide) groups is 1. The second-order valence-corrected chi connectivity index (χ2v) is 6.46. The molecule has 0 bridgehead atoms. The van der Waals surface area contributed by atoms with Crippen LogP contribution in [0.15, 0.2) is 48.5 Å². The zero-order chi connectivity index (χ0) is 18.0. The van der Waals surface area contributed by atoms with Gasteiger partial charge in [-0.05, 0) is 6.07 Å². The third-order valence-corrected chi connectivity index (χ3v) is 5.13. The average Bonchev–Trinajstić information content (AvgIpc) is 2.96. The zero-order valence-corrected chi connectivity index (χ0v) is 13.7. The van der Waals surface area contributed by atoms with Crippen molar-refractivity contribution in [3.05, 3.63) is 79.9 Å². The summed E-state index contributed by atoms with van der Waals surface area (Å²) in [6, 6.07) is 12.4. The van der Waals surface area contributed by atoms with E-state index in [-0.39, 0.29) is 29.6 Å². The van der Waals surface area contributed by atoms with E-state index in [0.717, 1.165) is 0 Å². The van der Waals surface area contributed by atoms with Crippen molar-refractivity contribution in [3.63, 3.8) is 0 Å². The van der Waals surface area contributed by atoms with Gasteiger partial charge >= 0.3 is 0 Å². The quantitative estimate of drug-likeness (QED) is 0.599. The Morgan fingerprint density at radius 3 is 2.28 bits per heavy atom. The molecule has 0 unspecified atom stereocenters. The third-order valence-electron chi connectivity index (χ3n) is 3.90. The number of carbonyl (C=O) groups excluding carboxylic acids is 1. The van der Waals surface area contributed by atoms with Crippen LogP contribution < -0.4 is 0 Å². The Bertz CT molecular complexity index is 857. The fourth-order valence-corrected chi connectivity index (χ4v) is 3.97. The van der Waals surface area contributed by atoms with Crippen LogP contribution in [-0.2, 0) is 11.3 Å². The lowest BCUT2D eigenvalue weighted by Crippen LogP contribution is -2.28. The maximum Gasteiger partial charge on any atom is 0.275 e. The van der Waals surface area contributed by atoms with Crippen LogP contribution in [0, 0.1) is 20.2 Å². The molecule has 128 valence electrons. The highest BCUT2D eigenvalue weighted by atomic mass is 32.2. The number of nitro benzene ring substituents is 2. The Morgan fingerprint density at radius 2 is 1.60 bits per heavy atom. The van der Waals surface area contributed by atoms with E-state index in [9.17, 15) is 25.0 Å². The molecular weight excluding hydrogens is 346 g/mol. The van der Waals surface area contributed by atoms with E-state index in [4.69, 9.17) is 0 Å². The van der Waals surface area contributed by atoms with E-state index >= 15 is 0 Å². The van der Waals surface area contributed by atoms with Crippen molar-refractivity contribution in [2.45, 2.75) is 11.9 Å². The van der Waals surface area contributed by atoms with Crippen molar-refractivity contribution in [1.29, 1.82) is 0 Å². The standard InChI is InChI=1S/C16H13N3O5S/c20-15-10-25-16(12-6-2-4-8-14(12)19(23)24)17(15)9-11-5-1-3-7-13(11)18(21)22/h1-8,16H,9-10H2/t16-/m0/s1. The van der Waals surface area contributed by atoms with Crippen LogP contribution in [-0.4, -0.2) is 26.4 Å². The van der Waals surface area contributed by atoms with Crippen LogP contribution in [0.2, 0.25) is 0 Å². The van der Waals surface area contributed by atoms with Gasteiger partial charge in [-0.3, -0.25) is 25.0 Å². The van der Waals surface area contributed by atoms with Gasteiger partial charge in [0.15, 0.2) is 0 Å². The molecule has 2 aromatic rings. The molecule has 2 aromatic carbocycles. The first kappa shape index (κ1) is 16.9. The number of para-hydroxylation sites is 2. The van der Waals surface area contributed by atoms with Crippen LogP contribution >= 0.6 is 11.8 Å². The summed E-state index contributed by atoms with van der Waals surface area (Å²) in [7, 11) is 0. The van der Waals surface area contributed by atoms with Gasteiger partial charge in [-0.2, -0.15) is 0 Å². The number of rotatable bonds is 5. The van der Waals surface area contributed by atoms with Crippen LogP contribution in [0.5, 0.6) is 0 Å². The van der Waals surface area contributed by atoms with Gasteiger partial charge < -0.3 is 4.90 Å². The molecule has 1 heterocycles. The number of carbonyl (C=O) groups is 1. The van der Waals surface area contributed by atoms with Gasteiger partial charge in [-0.25, -0.2) is 0 Å². The SMILES string of the molecule is O=C1CS[C@@H](c2ccccc2[N+](=O)[O-])N1Cc1ccccc1[N+](=O)[O-]. The molecule has 1 atom stereocenters. The van der Waals surface area contributed by atoms with Crippen molar-refractivity contribution in [3.8, 4) is 0 Å². The maximum absolute atomic E-state index is 12.3. The Hall–Kier alpha value is -2.94. The molecule has 0 aromatic heterocycles. The molecule has 1 saturated heterocycles. The first-order valence-electron chi connectivity index (χ1n) is 7.35. The van der Waals surface area contributed by atoms with Crippen molar-refractivity contribution in [1.82, 2.24) is 4.90 Å². The zero-order valence-electron chi connectivity index (χ0n) is 12.9. The smallest absolute Gasteiger partial charge is 0.275 e. The molecule has 0 saturated carbocycles. The van der Waals surface area contributed by atoms with Gasteiger partial charge in [-0.15, -0.1) is 11.8 Å². The fraction of sp³-hybridized carbons (Fsp3) is 0.188. The molecule has 3 rings (SSSR count). The van der Waals surface area contributed by atoms with E-state index in [1.54, 1.807) is 36.4 Å². The molecule has 1 aliphatic heterocycles. The van der Waals surface area contributed by atoms with Crippen LogP contribution in [0.1, 0.15) is 16.5 Å². The van der Waals surface area contributed by atoms with Crippen LogP contribution in [0.3, 0.4) is 0 Å². The summed E-state index contributed by atoms with van der Waals surface area (Å²) in [5.41, 5.74) is 0.671. The van der Waals surface area contributed by atoms with Crippen molar-refractivity contribution in [2.24, 2.45) is 0 Å². The Labute approximate surface area is 146 Å². The van der Waals surface area contributed by atoms with Gasteiger partial charge in [0, 0.05) is 17.7 Å². The second-order valence-electron chi connectivity index (χ2n) is 5.39. The molecule has 0 aliphatic carbocycles. The number of amides is 1. The Morgan fingerprint density at radius 1 is 1.00 bits per heavy atom. The number of nitro groups is 2. The predicted octanol–water partition coefficient (Wildman–Crippen LogP) is 3.28. The first-order valence-corrected chi connectivity index (χ1v) is 8.40. The van der Waals surface area contributed by atoms with Gasteiger partial charge in [0.1, 0.15) is 5.37 Å². The van der Waals surface area contributed by atoms with Gasteiger partial charge in [0.2, 0.25) is 5.91 Å². The first-order chi connectivity index (χ1) is 12.0. The molecule has 0 N–H and O–H groups in total. The van der Waals surface area contributed by atoms with E-state index < -0.39 is 15.2 Å². The minimum atomic E-state index is -0.547. The maximum atomic E-state index is 12.3. The monoisotopic (exact) mass is 359 g/mol. The lowest BCUT2D eigenvalue weighted by molar-refractivity contribution is -0.385. The van der Waals surface area contributed by atoms with Gasteiger partial charge in [0.25, 0.3) is 11.4 Å². The minimum absolute atomic E-state index is 0.0275. The largest absolute Gasteiger partial charge is 0.321 e. The van der Waals surface area contributed by atoms with E-state index in [1.807, 2.05) is 0 Å². The summed E-state index contributed by atoms with van der Waals surface area (Å²) in [5.74, 6) is -0.0246. The summed E-state index contributed by atoms with van der Waals surface area (Å²) in [6.45, 7) is 0.0275. The van der Waals surface area contributed by atoms with Crippen molar-refractivity contribution in [2.75, 3.05) is 5.75 Å². The highest BCUT2D eigenvalue weighted by Crippen LogP contribution is 2.43. The highest BCUT2D eigenvalue weighted by molar-refractivity contribution is 8.00. The Balaban J connectivity index is 1.97. The predicted molar refractivity (Wildman–Crippen MR) is 91.9 cm³/mol. The lowest BCUT2D eigenvalue weighted by atomic mass is 10.1. The second kappa shape index (κ2) is 6.89. The topological polar surface area (TPSA) is 107 Å². The lowest BCUT2D eigenvalue weighted by Gasteiger charge is -2.24. The van der Waals surface area contributed by atoms with Crippen LogP contribution in [0.4, 0.5) is 11.4 Å². The van der Waals surface area contributed by atoms with Gasteiger partial charge in [-0.1, -0.05) is 30.3 Å². The summed E-state index contributed by atoms with van der Waals surface area (Å²) in [6.07, 6.45) is 0. The molecule has 8 nitrogen and oxygen atoms in total. The number of nitrogens with zero attached hydrogens (tertiary/aromatic N) is 3. The third kappa shape index (κ3) is 3.31.